The molecule has 0 radical (unpaired) electrons. The zero-order chi connectivity index (χ0) is 23.7. The first-order chi connectivity index (χ1) is 15.0. The predicted octanol–water partition coefficient (Wildman–Crippen LogP) is 6.86. The summed E-state index contributed by atoms with van der Waals surface area (Å²) < 4.78 is 12.4. The number of carbonyl (C=O) groups is 1. The van der Waals surface area contributed by atoms with Crippen molar-refractivity contribution in [1.82, 2.24) is 0 Å². The van der Waals surface area contributed by atoms with E-state index in [-0.39, 0.29) is 24.0 Å². The Kier molecular flexibility index (Phi) is 7.36. The Labute approximate surface area is 196 Å². The maximum absolute atomic E-state index is 11.2. The molecule has 32 heavy (non-hydrogen) atoms. The Bertz CT molecular complexity index is 1040. The summed E-state index contributed by atoms with van der Waals surface area (Å²) in [7, 11) is 0. The highest BCUT2D eigenvalue weighted by molar-refractivity contribution is 6.32. The highest BCUT2D eigenvalue weighted by atomic mass is 35.5. The minimum Gasteiger partial charge on any atom is -0.482 e. The van der Waals surface area contributed by atoms with Crippen LogP contribution in [0.5, 0.6) is 5.75 Å². The van der Waals surface area contributed by atoms with Crippen LogP contribution in [0.3, 0.4) is 0 Å². The first kappa shape index (κ1) is 24.3. The molecular formula is C27H33ClO4. The number of aliphatic carboxylic acids is 1. The quantitative estimate of drug-likeness (QED) is 0.482. The van der Waals surface area contributed by atoms with Crippen LogP contribution >= 0.6 is 11.6 Å². The van der Waals surface area contributed by atoms with E-state index in [4.69, 9.17) is 26.2 Å². The van der Waals surface area contributed by atoms with Crippen molar-refractivity contribution in [3.63, 3.8) is 0 Å². The van der Waals surface area contributed by atoms with Crippen LogP contribution in [-0.4, -0.2) is 23.8 Å². The number of carboxylic acid groups (broad SMARTS) is 1. The molecule has 0 saturated carbocycles. The van der Waals surface area contributed by atoms with Crippen molar-refractivity contribution in [3.05, 3.63) is 74.8 Å². The molecule has 0 spiro atoms. The molecule has 0 unspecified atom stereocenters. The molecule has 1 fully saturated rings. The standard InChI is InChI=1S/C27H33ClO4/c1-14(2)21-12-22(20-9-8-15(3)16(4)10-20)19(7)32-27(21)25-18(6)26(28)17(5)11-23(25)31-13-24(29)30/h8-11,19,21-22,27H,1,12-13H2,2-7H3,(H,29,30)/t19-,21+,22-,27-/m0/s1. The third-order valence-corrected chi connectivity index (χ3v) is 7.30. The lowest BCUT2D eigenvalue weighted by atomic mass is 9.75. The van der Waals surface area contributed by atoms with Crippen molar-refractivity contribution >= 4 is 17.6 Å². The predicted molar refractivity (Wildman–Crippen MR) is 129 cm³/mol. The van der Waals surface area contributed by atoms with Gasteiger partial charge in [0.15, 0.2) is 6.61 Å². The van der Waals surface area contributed by atoms with Gasteiger partial charge in [0.25, 0.3) is 0 Å². The molecule has 0 aromatic heterocycles. The average Bonchev–Trinajstić information content (AvgIpc) is 2.72. The van der Waals surface area contributed by atoms with E-state index in [9.17, 15) is 4.79 Å². The van der Waals surface area contributed by atoms with Crippen LogP contribution in [0.1, 0.15) is 65.7 Å². The second-order valence-electron chi connectivity index (χ2n) is 9.13. The Morgan fingerprint density at radius 3 is 2.47 bits per heavy atom. The smallest absolute Gasteiger partial charge is 0.341 e. The van der Waals surface area contributed by atoms with Crippen LogP contribution in [0, 0.1) is 33.6 Å². The first-order valence-corrected chi connectivity index (χ1v) is 11.4. The van der Waals surface area contributed by atoms with Gasteiger partial charge >= 0.3 is 5.97 Å². The summed E-state index contributed by atoms with van der Waals surface area (Å²) in [6, 6.07) is 8.43. The Morgan fingerprint density at radius 2 is 1.88 bits per heavy atom. The Balaban J connectivity index is 2.04. The fourth-order valence-electron chi connectivity index (χ4n) is 4.69. The molecule has 1 aliphatic heterocycles. The lowest BCUT2D eigenvalue weighted by Crippen LogP contribution is -2.35. The van der Waals surface area contributed by atoms with E-state index in [0.29, 0.717) is 10.8 Å². The van der Waals surface area contributed by atoms with Crippen molar-refractivity contribution in [3.8, 4) is 5.75 Å². The molecule has 0 bridgehead atoms. The van der Waals surface area contributed by atoms with Crippen molar-refractivity contribution in [1.29, 1.82) is 0 Å². The summed E-state index contributed by atoms with van der Waals surface area (Å²) in [5.41, 5.74) is 7.37. The molecular weight excluding hydrogens is 424 g/mol. The van der Waals surface area contributed by atoms with Crippen molar-refractivity contribution in [2.24, 2.45) is 5.92 Å². The highest BCUT2D eigenvalue weighted by Gasteiger charge is 2.40. The molecule has 4 atom stereocenters. The van der Waals surface area contributed by atoms with Crippen LogP contribution in [0.4, 0.5) is 0 Å². The molecule has 3 rings (SSSR count). The molecule has 0 amide bonds. The SMILES string of the molecule is C=C(C)[C@H]1C[C@H](c2ccc(C)c(C)c2)[C@H](C)O[C@@H]1c1c(OCC(=O)O)cc(C)c(Cl)c1C. The lowest BCUT2D eigenvalue weighted by molar-refractivity contribution is -0.139. The Morgan fingerprint density at radius 1 is 1.19 bits per heavy atom. The second kappa shape index (κ2) is 9.68. The Hall–Kier alpha value is -2.30. The topological polar surface area (TPSA) is 55.8 Å². The summed E-state index contributed by atoms with van der Waals surface area (Å²) >= 11 is 6.61. The fourth-order valence-corrected chi connectivity index (χ4v) is 4.85. The van der Waals surface area contributed by atoms with Crippen molar-refractivity contribution < 1.29 is 19.4 Å². The van der Waals surface area contributed by atoms with E-state index in [1.54, 1.807) is 0 Å². The lowest BCUT2D eigenvalue weighted by Gasteiger charge is -2.42. The third-order valence-electron chi connectivity index (χ3n) is 6.72. The van der Waals surface area contributed by atoms with E-state index >= 15 is 0 Å². The first-order valence-electron chi connectivity index (χ1n) is 11.0. The second-order valence-corrected chi connectivity index (χ2v) is 9.51. The maximum Gasteiger partial charge on any atom is 0.341 e. The molecule has 2 aromatic carbocycles. The van der Waals surface area contributed by atoms with Crippen LogP contribution in [-0.2, 0) is 9.53 Å². The molecule has 2 aromatic rings. The highest BCUT2D eigenvalue weighted by Crippen LogP contribution is 2.50. The maximum atomic E-state index is 11.2. The zero-order valence-corrected chi connectivity index (χ0v) is 20.5. The normalized spacial score (nSPS) is 23.1. The minimum absolute atomic E-state index is 0.0375. The summed E-state index contributed by atoms with van der Waals surface area (Å²) in [6.45, 7) is 16.1. The van der Waals surface area contributed by atoms with Crippen LogP contribution in [0.25, 0.3) is 0 Å². The van der Waals surface area contributed by atoms with E-state index < -0.39 is 12.6 Å². The number of aryl methyl sites for hydroxylation is 3. The van der Waals surface area contributed by atoms with E-state index in [0.717, 1.165) is 28.7 Å². The summed E-state index contributed by atoms with van der Waals surface area (Å²) in [6.07, 6.45) is 0.532. The van der Waals surface area contributed by atoms with E-state index in [1.165, 1.54) is 16.7 Å². The van der Waals surface area contributed by atoms with Gasteiger partial charge in [-0.15, -0.1) is 0 Å². The van der Waals surface area contributed by atoms with Gasteiger partial charge in [-0.3, -0.25) is 0 Å². The molecule has 1 saturated heterocycles. The van der Waals surface area contributed by atoms with Gasteiger partial charge in [-0.2, -0.15) is 0 Å². The zero-order valence-electron chi connectivity index (χ0n) is 19.8. The van der Waals surface area contributed by atoms with Gasteiger partial charge in [0, 0.05) is 22.4 Å². The van der Waals surface area contributed by atoms with Gasteiger partial charge in [-0.05, 0) is 81.8 Å². The summed E-state index contributed by atoms with van der Waals surface area (Å²) in [5.74, 6) is -0.232. The van der Waals surface area contributed by atoms with Crippen LogP contribution < -0.4 is 4.74 Å². The third kappa shape index (κ3) is 4.87. The summed E-state index contributed by atoms with van der Waals surface area (Å²) in [5, 5.41) is 9.81. The van der Waals surface area contributed by atoms with Gasteiger partial charge < -0.3 is 14.6 Å². The van der Waals surface area contributed by atoms with Crippen LogP contribution in [0.15, 0.2) is 36.4 Å². The summed E-state index contributed by atoms with van der Waals surface area (Å²) in [4.78, 5) is 11.2. The van der Waals surface area contributed by atoms with Gasteiger partial charge in [-0.25, -0.2) is 4.79 Å². The molecule has 1 aliphatic rings. The largest absolute Gasteiger partial charge is 0.482 e. The fraction of sp³-hybridized carbons (Fsp3) is 0.444. The van der Waals surface area contributed by atoms with Gasteiger partial charge in [0.1, 0.15) is 5.75 Å². The number of halogens is 1. The molecule has 172 valence electrons. The van der Waals surface area contributed by atoms with E-state index in [2.05, 4.69) is 45.5 Å². The van der Waals surface area contributed by atoms with Crippen molar-refractivity contribution in [2.75, 3.05) is 6.61 Å². The number of hydrogen-bond acceptors (Lipinski definition) is 3. The molecule has 1 heterocycles. The number of benzene rings is 2. The number of carboxylic acids is 1. The molecule has 5 heteroatoms. The number of ether oxygens (including phenoxy) is 2. The van der Waals surface area contributed by atoms with Gasteiger partial charge in [0.2, 0.25) is 0 Å². The van der Waals surface area contributed by atoms with Gasteiger partial charge in [0.05, 0.1) is 12.2 Å². The van der Waals surface area contributed by atoms with Crippen LogP contribution in [0.2, 0.25) is 5.02 Å². The monoisotopic (exact) mass is 456 g/mol. The average molecular weight is 457 g/mol. The molecule has 1 N–H and O–H groups in total. The molecule has 0 aliphatic carbocycles. The minimum atomic E-state index is -1.02. The molecule has 4 nitrogen and oxygen atoms in total. The van der Waals surface area contributed by atoms with Gasteiger partial charge in [-0.1, -0.05) is 42.0 Å². The number of hydrogen-bond donors (Lipinski definition) is 1. The van der Waals surface area contributed by atoms with E-state index in [1.807, 2.05) is 26.8 Å². The van der Waals surface area contributed by atoms with Crippen molar-refractivity contribution in [2.45, 2.75) is 66.1 Å². The number of rotatable bonds is 6.